The minimum Gasteiger partial charge on any atom is -0.393 e. The van der Waals surface area contributed by atoms with Crippen molar-refractivity contribution in [2.45, 2.75) is 24.6 Å². The lowest BCUT2D eigenvalue weighted by molar-refractivity contribution is -0.130. The van der Waals surface area contributed by atoms with Crippen LogP contribution in [0.1, 0.15) is 39.6 Å². The monoisotopic (exact) mass is 594 g/mol. The van der Waals surface area contributed by atoms with Gasteiger partial charge in [0.25, 0.3) is 11.8 Å². The van der Waals surface area contributed by atoms with E-state index in [2.05, 4.69) is 5.32 Å². The Bertz CT molecular complexity index is 1680. The molecule has 0 bridgehead atoms. The van der Waals surface area contributed by atoms with Crippen LogP contribution in [0.2, 0.25) is 5.02 Å². The lowest BCUT2D eigenvalue weighted by atomic mass is 9.79. The zero-order valence-electron chi connectivity index (χ0n) is 22.4. The van der Waals surface area contributed by atoms with Gasteiger partial charge in [-0.25, -0.2) is 13.2 Å². The first-order chi connectivity index (χ1) is 19.9. The maximum Gasteiger partial charge on any atom is 0.258 e. The van der Waals surface area contributed by atoms with Crippen molar-refractivity contribution in [2.24, 2.45) is 0 Å². The summed E-state index contributed by atoms with van der Waals surface area (Å²) in [7, 11) is 0. The van der Waals surface area contributed by atoms with E-state index in [4.69, 9.17) is 11.6 Å². The van der Waals surface area contributed by atoms with Gasteiger partial charge in [0.2, 0.25) is 0 Å². The highest BCUT2D eigenvalue weighted by Gasteiger charge is 2.52. The Labute approximate surface area is 245 Å². The number of carbonyl (C=O) groups is 2. The van der Waals surface area contributed by atoms with Gasteiger partial charge >= 0.3 is 0 Å². The van der Waals surface area contributed by atoms with E-state index in [-0.39, 0.29) is 57.2 Å². The van der Waals surface area contributed by atoms with Gasteiger partial charge in [0.15, 0.2) is 0 Å². The first-order valence-electron chi connectivity index (χ1n) is 13.0. The number of alkyl halides is 1. The average molecular weight is 595 g/mol. The fraction of sp³-hybridized carbons (Fsp3) is 0.188. The molecule has 42 heavy (non-hydrogen) atoms. The van der Waals surface area contributed by atoms with Gasteiger partial charge in [-0.15, -0.1) is 0 Å². The lowest BCUT2D eigenvalue weighted by Crippen LogP contribution is -2.49. The molecule has 2 amide bonds. The van der Waals surface area contributed by atoms with Crippen LogP contribution in [-0.4, -0.2) is 40.8 Å². The number of fused-ring (bicyclic) bond motifs is 1. The fourth-order valence-electron chi connectivity index (χ4n) is 5.13. The van der Waals surface area contributed by atoms with E-state index >= 15 is 4.39 Å². The molecule has 6 nitrogen and oxygen atoms in total. The van der Waals surface area contributed by atoms with Gasteiger partial charge in [-0.05, 0) is 73.2 Å². The van der Waals surface area contributed by atoms with Crippen molar-refractivity contribution in [3.05, 3.63) is 118 Å². The standard InChI is InChI=1S/C32H26ClF3N2O4/c1-31(36)14-15-38(28-13-8-20(33)16-26(28)32(31,42)18-39)30(41)19-6-10-22(11-7-19)37-29(40)25-17-21(34)9-12-23(25)24-4-2-3-5-27(24)35/h2-13,16-17,39,42H,14-15,18H2,1H3,(H,37,40)/t31?,32-/m0/s1. The topological polar surface area (TPSA) is 89.9 Å². The molecule has 1 heterocycles. The number of hydrogen-bond donors (Lipinski definition) is 3. The van der Waals surface area contributed by atoms with Gasteiger partial charge in [0.05, 0.1) is 17.9 Å². The number of nitrogens with one attached hydrogen (secondary N) is 1. The van der Waals surface area contributed by atoms with E-state index < -0.39 is 41.3 Å². The Kier molecular flexibility index (Phi) is 7.85. The van der Waals surface area contributed by atoms with Crippen molar-refractivity contribution < 1.29 is 33.0 Å². The summed E-state index contributed by atoms with van der Waals surface area (Å²) in [6, 6.07) is 19.5. The third-order valence-corrected chi connectivity index (χ3v) is 7.85. The molecule has 0 aliphatic carbocycles. The molecule has 0 fully saturated rings. The van der Waals surface area contributed by atoms with Gasteiger partial charge in [0, 0.05) is 40.4 Å². The van der Waals surface area contributed by atoms with E-state index in [0.717, 1.165) is 19.1 Å². The number of anilines is 2. The predicted octanol–water partition coefficient (Wildman–Crippen LogP) is 6.50. The Morgan fingerprint density at radius 1 is 0.976 bits per heavy atom. The van der Waals surface area contributed by atoms with Gasteiger partial charge in [-0.2, -0.15) is 0 Å². The minimum atomic E-state index is -2.30. The van der Waals surface area contributed by atoms with Crippen LogP contribution < -0.4 is 10.2 Å². The molecule has 1 aliphatic rings. The smallest absolute Gasteiger partial charge is 0.258 e. The molecule has 0 radical (unpaired) electrons. The molecule has 10 heteroatoms. The second-order valence-electron chi connectivity index (χ2n) is 10.3. The number of benzene rings is 4. The molecule has 0 saturated carbocycles. The van der Waals surface area contributed by atoms with Crippen molar-refractivity contribution >= 4 is 34.8 Å². The molecule has 216 valence electrons. The number of rotatable bonds is 5. The van der Waals surface area contributed by atoms with Crippen molar-refractivity contribution in [1.29, 1.82) is 0 Å². The third kappa shape index (κ3) is 5.27. The maximum atomic E-state index is 15.7. The average Bonchev–Trinajstić information content (AvgIpc) is 3.05. The first kappa shape index (κ1) is 29.3. The number of hydrogen-bond acceptors (Lipinski definition) is 4. The Hall–Kier alpha value is -4.18. The molecule has 0 aromatic heterocycles. The van der Waals surface area contributed by atoms with Crippen molar-refractivity contribution in [3.63, 3.8) is 0 Å². The van der Waals surface area contributed by atoms with E-state index in [1.165, 1.54) is 71.6 Å². The second-order valence-corrected chi connectivity index (χ2v) is 10.7. The van der Waals surface area contributed by atoms with Gasteiger partial charge in [-0.3, -0.25) is 9.59 Å². The summed E-state index contributed by atoms with van der Waals surface area (Å²) >= 11 is 6.12. The Balaban J connectivity index is 1.42. The molecule has 1 aliphatic heterocycles. The number of amides is 2. The zero-order valence-corrected chi connectivity index (χ0v) is 23.1. The van der Waals surface area contributed by atoms with E-state index in [1.807, 2.05) is 0 Å². The maximum absolute atomic E-state index is 15.7. The summed E-state index contributed by atoms with van der Waals surface area (Å²) in [6.45, 7) is 0.142. The van der Waals surface area contributed by atoms with Crippen LogP contribution in [0.5, 0.6) is 0 Å². The van der Waals surface area contributed by atoms with E-state index in [1.54, 1.807) is 6.07 Å². The van der Waals surface area contributed by atoms with Gasteiger partial charge in [-0.1, -0.05) is 35.9 Å². The highest BCUT2D eigenvalue weighted by molar-refractivity contribution is 6.30. The quantitative estimate of drug-likeness (QED) is 0.246. The zero-order chi connectivity index (χ0) is 30.2. The summed E-state index contributed by atoms with van der Waals surface area (Å²) in [5.74, 6) is -2.43. The summed E-state index contributed by atoms with van der Waals surface area (Å²) in [4.78, 5) is 28.0. The van der Waals surface area contributed by atoms with Crippen molar-refractivity contribution in [1.82, 2.24) is 0 Å². The van der Waals surface area contributed by atoms with Crippen molar-refractivity contribution in [3.8, 4) is 11.1 Å². The summed E-state index contributed by atoms with van der Waals surface area (Å²) in [5, 5.41) is 24.0. The van der Waals surface area contributed by atoms with E-state index in [0.29, 0.717) is 0 Å². The molecule has 2 atom stereocenters. The van der Waals surface area contributed by atoms with Crippen LogP contribution in [0.25, 0.3) is 11.1 Å². The number of aliphatic hydroxyl groups excluding tert-OH is 1. The molecular weight excluding hydrogens is 569 g/mol. The van der Waals surface area contributed by atoms with Crippen molar-refractivity contribution in [2.75, 3.05) is 23.4 Å². The Morgan fingerprint density at radius 3 is 2.38 bits per heavy atom. The minimum absolute atomic E-state index is 0.0158. The largest absolute Gasteiger partial charge is 0.393 e. The number of carbonyl (C=O) groups excluding carboxylic acids is 2. The molecule has 4 aromatic carbocycles. The van der Waals surface area contributed by atoms with Gasteiger partial charge in [0.1, 0.15) is 22.9 Å². The fourth-order valence-corrected chi connectivity index (χ4v) is 5.31. The summed E-state index contributed by atoms with van der Waals surface area (Å²) < 4.78 is 44.2. The summed E-state index contributed by atoms with van der Waals surface area (Å²) in [5.41, 5.74) is -3.63. The highest BCUT2D eigenvalue weighted by atomic mass is 35.5. The lowest BCUT2D eigenvalue weighted by Gasteiger charge is -2.37. The van der Waals surface area contributed by atoms with Crippen LogP contribution in [0, 0.1) is 11.6 Å². The Morgan fingerprint density at radius 2 is 1.69 bits per heavy atom. The number of aliphatic hydroxyl groups is 2. The van der Waals surface area contributed by atoms with E-state index in [9.17, 15) is 28.6 Å². The predicted molar refractivity (Wildman–Crippen MR) is 154 cm³/mol. The summed E-state index contributed by atoms with van der Waals surface area (Å²) in [6.07, 6.45) is -0.270. The molecule has 1 unspecified atom stereocenters. The molecule has 4 aromatic rings. The third-order valence-electron chi connectivity index (χ3n) is 7.62. The van der Waals surface area contributed by atoms with Gasteiger partial charge < -0.3 is 20.4 Å². The number of nitrogens with zero attached hydrogens (tertiary/aromatic N) is 1. The molecule has 3 N–H and O–H groups in total. The second kappa shape index (κ2) is 11.2. The molecule has 0 saturated heterocycles. The van der Waals surface area contributed by atoms with Crippen LogP contribution in [0.15, 0.2) is 84.9 Å². The van der Waals surface area contributed by atoms with Crippen LogP contribution in [0.3, 0.4) is 0 Å². The van der Waals surface area contributed by atoms with Crippen LogP contribution >= 0.6 is 11.6 Å². The SMILES string of the molecule is CC1(F)CCN(C(=O)c2ccc(NC(=O)c3cc(F)ccc3-c3ccccc3F)cc2)c2ccc(Cl)cc2[C@@]1(O)CO. The van der Waals surface area contributed by atoms with Crippen LogP contribution in [-0.2, 0) is 5.60 Å². The van der Waals surface area contributed by atoms with Crippen LogP contribution in [0.4, 0.5) is 24.5 Å². The first-order valence-corrected chi connectivity index (χ1v) is 13.4. The highest BCUT2D eigenvalue weighted by Crippen LogP contribution is 2.46. The molecular formula is C32H26ClF3N2O4. The molecule has 0 spiro atoms. The number of halogens is 4. The normalized spacial score (nSPS) is 20.0. The molecule has 5 rings (SSSR count).